The molecule has 1 saturated heterocycles. The van der Waals surface area contributed by atoms with Crippen molar-refractivity contribution in [2.45, 2.75) is 39.2 Å². The van der Waals surface area contributed by atoms with Gasteiger partial charge in [-0.3, -0.25) is 4.79 Å². The lowest BCUT2D eigenvalue weighted by molar-refractivity contribution is -0.124. The van der Waals surface area contributed by atoms with Gasteiger partial charge in [0.15, 0.2) is 6.10 Å². The van der Waals surface area contributed by atoms with E-state index in [0.29, 0.717) is 11.3 Å². The number of rotatable bonds is 6. The van der Waals surface area contributed by atoms with Gasteiger partial charge in [-0.15, -0.1) is 0 Å². The second-order valence-electron chi connectivity index (χ2n) is 7.48. The number of para-hydroxylation sites is 1. The summed E-state index contributed by atoms with van der Waals surface area (Å²) in [6.45, 7) is 5.98. The summed E-state index contributed by atoms with van der Waals surface area (Å²) in [4.78, 5) is 15.3. The molecule has 1 N–H and O–H groups in total. The predicted octanol–water partition coefficient (Wildman–Crippen LogP) is 4.59. The average molecular weight is 377 g/mol. The molecule has 0 saturated carbocycles. The maximum absolute atomic E-state index is 12.9. The third kappa shape index (κ3) is 4.83. The minimum Gasteiger partial charge on any atom is -0.479 e. The maximum Gasteiger partial charge on any atom is 0.265 e. The molecule has 0 aromatic heterocycles. The Balaban J connectivity index is 1.73. The van der Waals surface area contributed by atoms with Crippen molar-refractivity contribution in [1.29, 1.82) is 5.26 Å². The van der Waals surface area contributed by atoms with Crippen LogP contribution < -0.4 is 15.0 Å². The van der Waals surface area contributed by atoms with Gasteiger partial charge in [-0.1, -0.05) is 32.0 Å². The molecule has 1 amide bonds. The van der Waals surface area contributed by atoms with Gasteiger partial charge in [0.25, 0.3) is 5.91 Å². The molecule has 3 rings (SSSR count). The Labute approximate surface area is 166 Å². The molecule has 146 valence electrons. The number of hydrogen-bond donors (Lipinski definition) is 1. The van der Waals surface area contributed by atoms with Crippen molar-refractivity contribution in [2.24, 2.45) is 5.92 Å². The van der Waals surface area contributed by atoms with Gasteiger partial charge in [0.05, 0.1) is 5.56 Å². The van der Waals surface area contributed by atoms with Crippen LogP contribution in [0, 0.1) is 17.2 Å². The van der Waals surface area contributed by atoms with Gasteiger partial charge in [-0.2, -0.15) is 5.26 Å². The van der Waals surface area contributed by atoms with E-state index in [2.05, 4.69) is 22.4 Å². The SMILES string of the molecule is CC(C)C(Oc1ccccc1C#N)C(=O)Nc1cccc(N2CCCCC2)c1. The number of nitrogens with one attached hydrogen (secondary N) is 1. The Morgan fingerprint density at radius 1 is 1.11 bits per heavy atom. The van der Waals surface area contributed by atoms with Crippen molar-refractivity contribution in [1.82, 2.24) is 0 Å². The first kappa shape index (κ1) is 19.8. The van der Waals surface area contributed by atoms with Gasteiger partial charge in [0, 0.05) is 24.5 Å². The molecule has 2 aromatic carbocycles. The predicted molar refractivity (Wildman–Crippen MR) is 112 cm³/mol. The molecule has 1 aliphatic rings. The second-order valence-corrected chi connectivity index (χ2v) is 7.48. The molecule has 5 nitrogen and oxygen atoms in total. The number of ether oxygens (including phenoxy) is 1. The minimum absolute atomic E-state index is 0.0444. The first-order valence-electron chi connectivity index (χ1n) is 9.90. The first-order valence-corrected chi connectivity index (χ1v) is 9.90. The van der Waals surface area contributed by atoms with Gasteiger partial charge < -0.3 is 15.0 Å². The fraction of sp³-hybridized carbons (Fsp3) is 0.391. The Morgan fingerprint density at radius 2 is 1.86 bits per heavy atom. The van der Waals surface area contributed by atoms with Crippen LogP contribution in [0.5, 0.6) is 5.75 Å². The van der Waals surface area contributed by atoms with Crippen LogP contribution in [0.2, 0.25) is 0 Å². The molecule has 28 heavy (non-hydrogen) atoms. The topological polar surface area (TPSA) is 65.4 Å². The number of piperidine rings is 1. The fourth-order valence-corrected chi connectivity index (χ4v) is 3.44. The number of carbonyl (C=O) groups excluding carboxylic acids is 1. The lowest BCUT2D eigenvalue weighted by Crippen LogP contribution is -2.37. The van der Waals surface area contributed by atoms with Crippen LogP contribution in [-0.2, 0) is 4.79 Å². The summed E-state index contributed by atoms with van der Waals surface area (Å²) >= 11 is 0. The number of anilines is 2. The lowest BCUT2D eigenvalue weighted by atomic mass is 10.1. The average Bonchev–Trinajstić information content (AvgIpc) is 2.72. The Hall–Kier alpha value is -3.00. The quantitative estimate of drug-likeness (QED) is 0.799. The van der Waals surface area contributed by atoms with E-state index in [1.807, 2.05) is 32.0 Å². The fourth-order valence-electron chi connectivity index (χ4n) is 3.44. The zero-order valence-electron chi connectivity index (χ0n) is 16.5. The van der Waals surface area contributed by atoms with Crippen molar-refractivity contribution in [3.63, 3.8) is 0 Å². The van der Waals surface area contributed by atoms with Crippen molar-refractivity contribution in [3.8, 4) is 11.8 Å². The molecular formula is C23H27N3O2. The van der Waals surface area contributed by atoms with Crippen LogP contribution in [0.1, 0.15) is 38.7 Å². The largest absolute Gasteiger partial charge is 0.479 e. The van der Waals surface area contributed by atoms with Crippen LogP contribution in [0.25, 0.3) is 0 Å². The molecule has 0 radical (unpaired) electrons. The van der Waals surface area contributed by atoms with E-state index in [-0.39, 0.29) is 11.8 Å². The summed E-state index contributed by atoms with van der Waals surface area (Å²) in [6.07, 6.45) is 3.01. The highest BCUT2D eigenvalue weighted by atomic mass is 16.5. The molecule has 1 atom stereocenters. The summed E-state index contributed by atoms with van der Waals surface area (Å²) in [5, 5.41) is 12.2. The second kappa shape index (κ2) is 9.27. The summed E-state index contributed by atoms with van der Waals surface area (Å²) in [7, 11) is 0. The van der Waals surface area contributed by atoms with E-state index in [4.69, 9.17) is 4.74 Å². The van der Waals surface area contributed by atoms with Crippen LogP contribution >= 0.6 is 0 Å². The number of nitrogens with zero attached hydrogens (tertiary/aromatic N) is 2. The van der Waals surface area contributed by atoms with Gasteiger partial charge in [0.2, 0.25) is 0 Å². The molecule has 1 heterocycles. The number of nitriles is 1. The summed E-state index contributed by atoms with van der Waals surface area (Å²) in [5.41, 5.74) is 2.32. The molecule has 0 spiro atoms. The van der Waals surface area contributed by atoms with Gasteiger partial charge >= 0.3 is 0 Å². The Morgan fingerprint density at radius 3 is 2.57 bits per heavy atom. The molecule has 1 aliphatic heterocycles. The van der Waals surface area contributed by atoms with E-state index in [0.717, 1.165) is 24.5 Å². The molecule has 1 unspecified atom stereocenters. The lowest BCUT2D eigenvalue weighted by Gasteiger charge is -2.29. The minimum atomic E-state index is -0.687. The van der Waals surface area contributed by atoms with Gasteiger partial charge in [-0.05, 0) is 55.5 Å². The van der Waals surface area contributed by atoms with E-state index >= 15 is 0 Å². The molecule has 0 aliphatic carbocycles. The third-order valence-electron chi connectivity index (χ3n) is 4.96. The van der Waals surface area contributed by atoms with E-state index in [1.54, 1.807) is 24.3 Å². The molecule has 5 heteroatoms. The summed E-state index contributed by atoms with van der Waals surface area (Å²) in [5.74, 6) is 0.177. The van der Waals surface area contributed by atoms with Crippen LogP contribution in [-0.4, -0.2) is 25.1 Å². The van der Waals surface area contributed by atoms with Gasteiger partial charge in [0.1, 0.15) is 11.8 Å². The molecule has 2 aromatic rings. The number of amides is 1. The zero-order chi connectivity index (χ0) is 19.9. The van der Waals surface area contributed by atoms with Crippen molar-refractivity contribution < 1.29 is 9.53 Å². The Bertz CT molecular complexity index is 851. The summed E-state index contributed by atoms with van der Waals surface area (Å²) < 4.78 is 5.93. The first-order chi connectivity index (χ1) is 13.6. The van der Waals surface area contributed by atoms with Crippen LogP contribution in [0.4, 0.5) is 11.4 Å². The Kier molecular flexibility index (Phi) is 6.54. The monoisotopic (exact) mass is 377 g/mol. The van der Waals surface area contributed by atoms with E-state index in [9.17, 15) is 10.1 Å². The third-order valence-corrected chi connectivity index (χ3v) is 4.96. The zero-order valence-corrected chi connectivity index (χ0v) is 16.5. The van der Waals surface area contributed by atoms with Crippen LogP contribution in [0.3, 0.4) is 0 Å². The molecule has 0 bridgehead atoms. The normalized spacial score (nSPS) is 15.0. The highest BCUT2D eigenvalue weighted by Gasteiger charge is 2.25. The van der Waals surface area contributed by atoms with Gasteiger partial charge in [-0.25, -0.2) is 0 Å². The van der Waals surface area contributed by atoms with E-state index in [1.165, 1.54) is 19.3 Å². The molecular weight excluding hydrogens is 350 g/mol. The van der Waals surface area contributed by atoms with Crippen molar-refractivity contribution in [2.75, 3.05) is 23.3 Å². The smallest absolute Gasteiger partial charge is 0.265 e. The van der Waals surface area contributed by atoms with E-state index < -0.39 is 6.10 Å². The van der Waals surface area contributed by atoms with Crippen molar-refractivity contribution in [3.05, 3.63) is 54.1 Å². The standard InChI is InChI=1S/C23H27N3O2/c1-17(2)22(28-21-12-5-4-9-18(21)16-24)23(27)25-19-10-8-11-20(15-19)26-13-6-3-7-14-26/h4-5,8-12,15,17,22H,3,6-7,13-14H2,1-2H3,(H,25,27). The summed E-state index contributed by atoms with van der Waals surface area (Å²) in [6, 6.07) is 17.1. The highest BCUT2D eigenvalue weighted by Crippen LogP contribution is 2.25. The number of carbonyl (C=O) groups is 1. The van der Waals surface area contributed by atoms with Crippen LogP contribution in [0.15, 0.2) is 48.5 Å². The van der Waals surface area contributed by atoms with Crippen molar-refractivity contribution >= 4 is 17.3 Å². The molecule has 1 fully saturated rings. The maximum atomic E-state index is 12.9. The highest BCUT2D eigenvalue weighted by molar-refractivity contribution is 5.95. The number of hydrogen-bond acceptors (Lipinski definition) is 4. The number of benzene rings is 2.